The maximum atomic E-state index is 14.1. The zero-order chi connectivity index (χ0) is 26.4. The minimum absolute atomic E-state index is 0.0104. The van der Waals surface area contributed by atoms with Gasteiger partial charge in [-0.2, -0.15) is 18.3 Å². The first-order valence-electron chi connectivity index (χ1n) is 11.6. The molecule has 2 aromatic carbocycles. The number of halogens is 4. The molecule has 192 valence electrons. The fourth-order valence-corrected chi connectivity index (χ4v) is 5.02. The van der Waals surface area contributed by atoms with Gasteiger partial charge in [0.25, 0.3) is 5.91 Å². The predicted molar refractivity (Wildman–Crippen MR) is 128 cm³/mol. The molecule has 1 fully saturated rings. The van der Waals surface area contributed by atoms with Crippen LogP contribution in [0.25, 0.3) is 5.69 Å². The van der Waals surface area contributed by atoms with Gasteiger partial charge in [-0.3, -0.25) is 9.79 Å². The molecule has 0 saturated carbocycles. The van der Waals surface area contributed by atoms with Gasteiger partial charge in [-0.15, -0.1) is 0 Å². The predicted octanol–water partition coefficient (Wildman–Crippen LogP) is 4.36. The van der Waals surface area contributed by atoms with E-state index in [1.807, 2.05) is 24.3 Å². The molecule has 7 nitrogen and oxygen atoms in total. The molecule has 1 spiro atoms. The second-order valence-electron chi connectivity index (χ2n) is 8.83. The lowest BCUT2D eigenvalue weighted by Gasteiger charge is -2.46. The number of ether oxygens (including phenoxy) is 1. The number of amides is 1. The fourth-order valence-electron chi connectivity index (χ4n) is 5.02. The SMILES string of the molecule is CN=C1/C(=C\N)C2(CCN(C(=O)c3cnn(-c4ccc(F)cc4)c3C(F)(F)F)CC2)Oc2ccccc21. The zero-order valence-corrected chi connectivity index (χ0v) is 19.8. The van der Waals surface area contributed by atoms with Crippen LogP contribution >= 0.6 is 0 Å². The Bertz CT molecular complexity index is 1400. The van der Waals surface area contributed by atoms with Crippen molar-refractivity contribution in [3.8, 4) is 11.4 Å². The average Bonchev–Trinajstić information content (AvgIpc) is 3.34. The Morgan fingerprint density at radius 2 is 1.81 bits per heavy atom. The highest BCUT2D eigenvalue weighted by Gasteiger charge is 2.48. The number of hydrogen-bond donors (Lipinski definition) is 1. The third-order valence-electron chi connectivity index (χ3n) is 6.78. The first-order valence-corrected chi connectivity index (χ1v) is 11.6. The van der Waals surface area contributed by atoms with E-state index in [4.69, 9.17) is 10.5 Å². The molecule has 3 heterocycles. The van der Waals surface area contributed by atoms with Crippen LogP contribution < -0.4 is 10.5 Å². The van der Waals surface area contributed by atoms with Crippen LogP contribution in [0.3, 0.4) is 0 Å². The van der Waals surface area contributed by atoms with Gasteiger partial charge in [0.2, 0.25) is 0 Å². The topological polar surface area (TPSA) is 85.7 Å². The van der Waals surface area contributed by atoms with Gasteiger partial charge in [-0.25, -0.2) is 9.07 Å². The number of hydrogen-bond acceptors (Lipinski definition) is 5. The number of likely N-dealkylation sites (tertiary alicyclic amines) is 1. The summed E-state index contributed by atoms with van der Waals surface area (Å²) in [5.41, 5.74) is 5.49. The van der Waals surface area contributed by atoms with E-state index in [1.165, 1.54) is 23.2 Å². The molecule has 37 heavy (non-hydrogen) atoms. The number of piperidine rings is 1. The monoisotopic (exact) mass is 513 g/mol. The molecule has 0 atom stereocenters. The molecule has 1 saturated heterocycles. The third kappa shape index (κ3) is 4.13. The number of nitrogens with two attached hydrogens (primary N) is 1. The normalized spacial score (nSPS) is 19.2. The van der Waals surface area contributed by atoms with Crippen LogP contribution in [0.15, 0.2) is 71.5 Å². The lowest BCUT2D eigenvalue weighted by molar-refractivity contribution is -0.143. The second kappa shape index (κ2) is 9.06. The van der Waals surface area contributed by atoms with E-state index in [2.05, 4.69) is 10.1 Å². The molecule has 2 aliphatic heterocycles. The van der Waals surface area contributed by atoms with Gasteiger partial charge >= 0.3 is 6.18 Å². The molecule has 5 rings (SSSR count). The van der Waals surface area contributed by atoms with Crippen molar-refractivity contribution in [3.63, 3.8) is 0 Å². The number of alkyl halides is 3. The van der Waals surface area contributed by atoms with Gasteiger partial charge in [0, 0.05) is 50.3 Å². The lowest BCUT2D eigenvalue weighted by atomic mass is 9.78. The van der Waals surface area contributed by atoms with Crippen LogP contribution in [0.5, 0.6) is 5.75 Å². The molecule has 0 bridgehead atoms. The van der Waals surface area contributed by atoms with E-state index < -0.39 is 34.8 Å². The summed E-state index contributed by atoms with van der Waals surface area (Å²) in [7, 11) is 1.66. The smallest absolute Gasteiger partial charge is 0.434 e. The standard InChI is InChI=1S/C26H23F4N5O2/c1-32-22-18-4-2-3-5-21(18)37-25(20(22)14-31)10-12-34(13-11-25)24(36)19-15-33-35(23(19)26(28,29)30)17-8-6-16(27)7-9-17/h2-9,14-15H,10-13,31H2,1H3/b20-14+,32-22?. The molecule has 1 aromatic heterocycles. The molecule has 2 N–H and O–H groups in total. The quantitative estimate of drug-likeness (QED) is 0.516. The minimum atomic E-state index is -4.87. The molecule has 0 radical (unpaired) electrons. The van der Waals surface area contributed by atoms with Crippen LogP contribution in [-0.2, 0) is 6.18 Å². The van der Waals surface area contributed by atoms with Gasteiger partial charge in [0.15, 0.2) is 5.69 Å². The van der Waals surface area contributed by atoms with Crippen molar-refractivity contribution in [1.29, 1.82) is 0 Å². The van der Waals surface area contributed by atoms with Gasteiger partial charge in [-0.1, -0.05) is 12.1 Å². The third-order valence-corrected chi connectivity index (χ3v) is 6.78. The average molecular weight is 513 g/mol. The van der Waals surface area contributed by atoms with E-state index in [9.17, 15) is 22.4 Å². The number of rotatable bonds is 2. The highest BCUT2D eigenvalue weighted by atomic mass is 19.4. The molecule has 2 aliphatic rings. The van der Waals surface area contributed by atoms with E-state index in [-0.39, 0.29) is 18.8 Å². The summed E-state index contributed by atoms with van der Waals surface area (Å²) in [6, 6.07) is 11.8. The van der Waals surface area contributed by atoms with Crippen molar-refractivity contribution >= 4 is 11.6 Å². The minimum Gasteiger partial charge on any atom is -0.482 e. The maximum Gasteiger partial charge on any atom is 0.434 e. The van der Waals surface area contributed by atoms with Gasteiger partial charge in [0.05, 0.1) is 23.2 Å². The Hall–Kier alpha value is -4.15. The van der Waals surface area contributed by atoms with Crippen LogP contribution in [0, 0.1) is 5.82 Å². The lowest BCUT2D eigenvalue weighted by Crippen LogP contribution is -2.54. The molecule has 0 aliphatic carbocycles. The van der Waals surface area contributed by atoms with Crippen molar-refractivity contribution in [2.24, 2.45) is 10.7 Å². The van der Waals surface area contributed by atoms with Crippen LogP contribution in [0.4, 0.5) is 17.6 Å². The van der Waals surface area contributed by atoms with Crippen LogP contribution in [-0.4, -0.2) is 52.0 Å². The van der Waals surface area contributed by atoms with E-state index in [1.54, 1.807) is 7.05 Å². The first-order chi connectivity index (χ1) is 17.7. The van der Waals surface area contributed by atoms with E-state index in [0.29, 0.717) is 34.6 Å². The van der Waals surface area contributed by atoms with Crippen molar-refractivity contribution in [2.75, 3.05) is 20.1 Å². The molecule has 3 aromatic rings. The number of para-hydroxylation sites is 1. The Morgan fingerprint density at radius 3 is 2.43 bits per heavy atom. The summed E-state index contributed by atoms with van der Waals surface area (Å²) in [4.78, 5) is 19.1. The molecular weight excluding hydrogens is 490 g/mol. The molecule has 11 heteroatoms. The Kier molecular flexibility index (Phi) is 6.01. The van der Waals surface area contributed by atoms with E-state index in [0.717, 1.165) is 23.9 Å². The highest BCUT2D eigenvalue weighted by molar-refractivity contribution is 6.16. The number of aromatic nitrogens is 2. The van der Waals surface area contributed by atoms with Gasteiger partial charge < -0.3 is 15.4 Å². The second-order valence-corrected chi connectivity index (χ2v) is 8.83. The maximum absolute atomic E-state index is 14.1. The number of carbonyl (C=O) groups excluding carboxylic acids is 1. The molecule has 1 amide bonds. The number of benzene rings is 2. The van der Waals surface area contributed by atoms with Crippen LogP contribution in [0.1, 0.15) is 34.5 Å². The van der Waals surface area contributed by atoms with Crippen molar-refractivity contribution in [1.82, 2.24) is 14.7 Å². The fraction of sp³-hybridized carbons (Fsp3) is 0.269. The summed E-state index contributed by atoms with van der Waals surface area (Å²) < 4.78 is 62.5. The number of fused-ring (bicyclic) bond motifs is 1. The zero-order valence-electron chi connectivity index (χ0n) is 19.8. The van der Waals surface area contributed by atoms with Crippen LogP contribution in [0.2, 0.25) is 0 Å². The Labute approximate surface area is 209 Å². The highest BCUT2D eigenvalue weighted by Crippen LogP contribution is 2.43. The summed E-state index contributed by atoms with van der Waals surface area (Å²) in [6.45, 7) is 0.267. The number of carbonyl (C=O) groups is 1. The molecular formula is C26H23F4N5O2. The summed E-state index contributed by atoms with van der Waals surface area (Å²) in [5, 5.41) is 3.81. The van der Waals surface area contributed by atoms with Gasteiger partial charge in [0.1, 0.15) is 17.2 Å². The molecule has 0 unspecified atom stereocenters. The summed E-state index contributed by atoms with van der Waals surface area (Å²) >= 11 is 0. The largest absolute Gasteiger partial charge is 0.482 e. The first kappa shape index (κ1) is 24.5. The van der Waals surface area contributed by atoms with Gasteiger partial charge in [-0.05, 0) is 36.4 Å². The van der Waals surface area contributed by atoms with Crippen molar-refractivity contribution in [2.45, 2.75) is 24.6 Å². The van der Waals surface area contributed by atoms with E-state index >= 15 is 0 Å². The summed E-state index contributed by atoms with van der Waals surface area (Å²) in [6.07, 6.45) is -1.90. The van der Waals surface area contributed by atoms with Crippen molar-refractivity contribution in [3.05, 3.63) is 89.1 Å². The number of nitrogens with zero attached hydrogens (tertiary/aromatic N) is 4. The summed E-state index contributed by atoms with van der Waals surface area (Å²) in [5.74, 6) is -0.763. The Morgan fingerprint density at radius 1 is 1.14 bits per heavy atom. The number of aliphatic imine (C=N–C) groups is 1. The Balaban J connectivity index is 1.44. The van der Waals surface area contributed by atoms with Crippen molar-refractivity contribution < 1.29 is 27.1 Å².